The van der Waals surface area contributed by atoms with Crippen LogP contribution in [-0.4, -0.2) is 12.2 Å². The fraction of sp³-hybridized carbons (Fsp3) is 0.500. The molecule has 0 saturated heterocycles. The van der Waals surface area contributed by atoms with Gasteiger partial charge in [-0.1, -0.05) is 6.08 Å². The molecule has 0 aromatic carbocycles. The number of amides is 1. The van der Waals surface area contributed by atoms with Crippen LogP contribution < -0.4 is 5.32 Å². The van der Waals surface area contributed by atoms with Crippen LogP contribution in [0.2, 0.25) is 0 Å². The Morgan fingerprint density at radius 2 is 2.22 bits per heavy atom. The van der Waals surface area contributed by atoms with Gasteiger partial charge in [0.15, 0.2) is 0 Å². The van der Waals surface area contributed by atoms with Crippen molar-refractivity contribution >= 4 is 17.7 Å². The van der Waals surface area contributed by atoms with Gasteiger partial charge in [0.1, 0.15) is 0 Å². The molecule has 0 aliphatic rings. The summed E-state index contributed by atoms with van der Waals surface area (Å²) in [5, 5.41) is 3.57. The van der Waals surface area contributed by atoms with Gasteiger partial charge in [-0.25, -0.2) is 0 Å². The maximum atomic E-state index is 10.4. The summed E-state index contributed by atoms with van der Waals surface area (Å²) in [6.07, 6.45) is 3.79. The molecule has 0 unspecified atom stereocenters. The van der Waals surface area contributed by atoms with Gasteiger partial charge in [-0.2, -0.15) is 0 Å². The highest BCUT2D eigenvalue weighted by Crippen LogP contribution is 2.05. The van der Waals surface area contributed by atoms with Crippen molar-refractivity contribution in [1.29, 1.82) is 0 Å². The van der Waals surface area contributed by atoms with Crippen molar-refractivity contribution in [3.05, 3.63) is 11.1 Å². The molecule has 0 aromatic rings. The Kier molecular flexibility index (Phi) is 4.22. The van der Waals surface area contributed by atoms with Gasteiger partial charge >= 0.3 is 0 Å². The third-order valence-electron chi connectivity index (χ3n) is 0.781. The van der Waals surface area contributed by atoms with Gasteiger partial charge in [-0.3, -0.25) is 4.79 Å². The highest BCUT2D eigenvalue weighted by molar-refractivity contribution is 8.02. The second kappa shape index (κ2) is 4.44. The smallest absolute Gasteiger partial charge is 0.221 e. The number of hydrogen-bond donors (Lipinski definition) is 1. The van der Waals surface area contributed by atoms with Crippen LogP contribution in [0, 0.1) is 0 Å². The summed E-state index contributed by atoms with van der Waals surface area (Å²) < 4.78 is 0. The van der Waals surface area contributed by atoms with Crippen LogP contribution in [0.1, 0.15) is 13.8 Å². The van der Waals surface area contributed by atoms with E-state index in [1.165, 1.54) is 18.7 Å². The molecule has 0 aromatic heterocycles. The number of rotatable bonds is 2. The molecule has 0 spiro atoms. The molecule has 0 atom stereocenters. The number of allylic oxidation sites excluding steroid dienone is 1. The van der Waals surface area contributed by atoms with Gasteiger partial charge in [-0.05, 0) is 13.2 Å². The van der Waals surface area contributed by atoms with Gasteiger partial charge in [0.2, 0.25) is 5.91 Å². The average molecular weight is 145 g/mol. The molecular weight excluding hydrogens is 134 g/mol. The van der Waals surface area contributed by atoms with E-state index >= 15 is 0 Å². The van der Waals surface area contributed by atoms with Crippen molar-refractivity contribution in [1.82, 2.24) is 5.32 Å². The lowest BCUT2D eigenvalue weighted by Gasteiger charge is -2.00. The molecule has 0 aliphatic heterocycles. The second-order valence-corrected chi connectivity index (χ2v) is 2.39. The fourth-order valence-electron chi connectivity index (χ4n) is 0.415. The third kappa shape index (κ3) is 4.09. The Morgan fingerprint density at radius 1 is 1.67 bits per heavy atom. The number of thioether (sulfide) groups is 1. The Labute approximate surface area is 59.7 Å². The SMILES string of the molecule is C/C=C(/NC(C)=O)SC. The lowest BCUT2D eigenvalue weighted by Crippen LogP contribution is -2.16. The Hall–Kier alpha value is -0.440. The minimum absolute atomic E-state index is 0.0163. The predicted octanol–water partition coefficient (Wildman–Crippen LogP) is 1.35. The standard InChI is InChI=1S/C6H11NOS/c1-4-6(9-3)7-5(2)8/h4H,1-3H3,(H,7,8)/b6-4-. The van der Waals surface area contributed by atoms with E-state index in [1.807, 2.05) is 19.3 Å². The first-order chi connectivity index (χ1) is 4.20. The number of carbonyl (C=O) groups is 1. The van der Waals surface area contributed by atoms with E-state index in [9.17, 15) is 4.79 Å². The van der Waals surface area contributed by atoms with Crippen molar-refractivity contribution in [2.24, 2.45) is 0 Å². The van der Waals surface area contributed by atoms with Gasteiger partial charge in [0.25, 0.3) is 0 Å². The molecule has 9 heavy (non-hydrogen) atoms. The Morgan fingerprint density at radius 3 is 2.33 bits per heavy atom. The Balaban J connectivity index is 3.71. The van der Waals surface area contributed by atoms with E-state index in [0.29, 0.717) is 0 Å². The van der Waals surface area contributed by atoms with E-state index in [2.05, 4.69) is 5.32 Å². The van der Waals surface area contributed by atoms with E-state index in [-0.39, 0.29) is 5.91 Å². The first-order valence-electron chi connectivity index (χ1n) is 2.68. The van der Waals surface area contributed by atoms with Crippen LogP contribution in [0.3, 0.4) is 0 Å². The molecule has 2 nitrogen and oxygen atoms in total. The molecule has 1 N–H and O–H groups in total. The van der Waals surface area contributed by atoms with Gasteiger partial charge in [0, 0.05) is 6.92 Å². The molecular formula is C6H11NOS. The highest BCUT2D eigenvalue weighted by Gasteiger charge is 1.92. The maximum absolute atomic E-state index is 10.4. The summed E-state index contributed by atoms with van der Waals surface area (Å²) >= 11 is 1.53. The average Bonchev–Trinajstić information content (AvgIpc) is 1.82. The highest BCUT2D eigenvalue weighted by atomic mass is 32.2. The molecule has 0 heterocycles. The fourth-order valence-corrected chi connectivity index (χ4v) is 0.896. The summed E-state index contributed by atoms with van der Waals surface area (Å²) in [4.78, 5) is 10.4. The predicted molar refractivity (Wildman–Crippen MR) is 41.1 cm³/mol. The van der Waals surface area contributed by atoms with E-state index in [4.69, 9.17) is 0 Å². The summed E-state index contributed by atoms with van der Waals surface area (Å²) in [6.45, 7) is 3.39. The minimum atomic E-state index is -0.0163. The zero-order chi connectivity index (χ0) is 7.28. The van der Waals surface area contributed by atoms with E-state index in [1.54, 1.807) is 0 Å². The zero-order valence-electron chi connectivity index (χ0n) is 5.89. The van der Waals surface area contributed by atoms with Crippen molar-refractivity contribution in [2.75, 3.05) is 6.26 Å². The number of hydrogen-bond acceptors (Lipinski definition) is 2. The monoisotopic (exact) mass is 145 g/mol. The van der Waals surface area contributed by atoms with Crippen molar-refractivity contribution < 1.29 is 4.79 Å². The molecule has 1 amide bonds. The van der Waals surface area contributed by atoms with Gasteiger partial charge in [-0.15, -0.1) is 11.8 Å². The summed E-state index contributed by atoms with van der Waals surface area (Å²) in [6, 6.07) is 0. The van der Waals surface area contributed by atoms with Crippen LogP contribution in [-0.2, 0) is 4.79 Å². The summed E-state index contributed by atoms with van der Waals surface area (Å²) in [5.74, 6) is -0.0163. The van der Waals surface area contributed by atoms with E-state index in [0.717, 1.165) is 5.03 Å². The lowest BCUT2D eigenvalue weighted by atomic mass is 10.6. The summed E-state index contributed by atoms with van der Waals surface area (Å²) in [5.41, 5.74) is 0. The molecule has 0 aliphatic carbocycles. The zero-order valence-corrected chi connectivity index (χ0v) is 6.71. The molecule has 0 fully saturated rings. The third-order valence-corrected chi connectivity index (χ3v) is 1.56. The Bertz CT molecular complexity index is 131. The second-order valence-electron chi connectivity index (χ2n) is 1.54. The molecule has 0 radical (unpaired) electrons. The van der Waals surface area contributed by atoms with Crippen molar-refractivity contribution in [2.45, 2.75) is 13.8 Å². The normalized spacial score (nSPS) is 11.2. The van der Waals surface area contributed by atoms with Crippen LogP contribution in [0.5, 0.6) is 0 Å². The molecule has 0 saturated carbocycles. The lowest BCUT2D eigenvalue weighted by molar-refractivity contribution is -0.118. The maximum Gasteiger partial charge on any atom is 0.221 e. The topological polar surface area (TPSA) is 29.1 Å². The van der Waals surface area contributed by atoms with E-state index < -0.39 is 0 Å². The van der Waals surface area contributed by atoms with Crippen LogP contribution in [0.4, 0.5) is 0 Å². The van der Waals surface area contributed by atoms with Crippen LogP contribution in [0.15, 0.2) is 11.1 Å². The first kappa shape index (κ1) is 8.56. The number of carbonyl (C=O) groups excluding carboxylic acids is 1. The van der Waals surface area contributed by atoms with Crippen molar-refractivity contribution in [3.63, 3.8) is 0 Å². The van der Waals surface area contributed by atoms with Gasteiger partial charge in [0.05, 0.1) is 5.03 Å². The molecule has 52 valence electrons. The molecule has 0 rings (SSSR count). The molecule has 3 heteroatoms. The van der Waals surface area contributed by atoms with Crippen LogP contribution in [0.25, 0.3) is 0 Å². The summed E-state index contributed by atoms with van der Waals surface area (Å²) in [7, 11) is 0. The minimum Gasteiger partial charge on any atom is -0.321 e. The van der Waals surface area contributed by atoms with Crippen molar-refractivity contribution in [3.8, 4) is 0 Å². The quantitative estimate of drug-likeness (QED) is 0.635. The van der Waals surface area contributed by atoms with Gasteiger partial charge < -0.3 is 5.32 Å². The van der Waals surface area contributed by atoms with Crippen LogP contribution >= 0.6 is 11.8 Å². The first-order valence-corrected chi connectivity index (χ1v) is 3.91. The molecule has 0 bridgehead atoms. The largest absolute Gasteiger partial charge is 0.321 e. The number of nitrogens with one attached hydrogen (secondary N) is 1.